The summed E-state index contributed by atoms with van der Waals surface area (Å²) in [5.74, 6) is 0. The molecule has 1 unspecified atom stereocenters. The minimum atomic E-state index is -0.463. The van der Waals surface area contributed by atoms with Crippen LogP contribution in [0.25, 0.3) is 0 Å². The number of carbonyl (C=O) groups excluding carboxylic acids is 1. The van der Waals surface area contributed by atoms with E-state index in [1.807, 2.05) is 20.8 Å². The highest BCUT2D eigenvalue weighted by atomic mass is 16.6. The van der Waals surface area contributed by atoms with Crippen molar-refractivity contribution in [1.82, 2.24) is 15.1 Å². The molecule has 0 radical (unpaired) electrons. The second-order valence-corrected chi connectivity index (χ2v) is 7.78. The molecule has 0 aromatic heterocycles. The van der Waals surface area contributed by atoms with Gasteiger partial charge < -0.3 is 15.8 Å². The van der Waals surface area contributed by atoms with Crippen LogP contribution in [0.1, 0.15) is 46.5 Å². The second kappa shape index (κ2) is 8.31. The highest BCUT2D eigenvalue weighted by molar-refractivity contribution is 5.67. The maximum absolute atomic E-state index is 11.8. The Bertz CT molecular complexity index is 369. The molecule has 3 N–H and O–H groups in total. The lowest BCUT2D eigenvalue weighted by molar-refractivity contribution is 0.0467. The molecule has 6 nitrogen and oxygen atoms in total. The van der Waals surface area contributed by atoms with E-state index in [-0.39, 0.29) is 12.1 Å². The summed E-state index contributed by atoms with van der Waals surface area (Å²) in [6.45, 7) is 11.0. The number of hydrogen-bond donors (Lipinski definition) is 2. The van der Waals surface area contributed by atoms with Crippen molar-refractivity contribution in [2.75, 3.05) is 39.3 Å². The van der Waals surface area contributed by atoms with E-state index in [0.29, 0.717) is 13.1 Å². The van der Waals surface area contributed by atoms with E-state index in [1.165, 1.54) is 25.7 Å². The lowest BCUT2D eigenvalue weighted by Gasteiger charge is -2.41. The molecular weight excluding hydrogens is 292 g/mol. The van der Waals surface area contributed by atoms with Crippen LogP contribution in [0.3, 0.4) is 0 Å². The van der Waals surface area contributed by atoms with Gasteiger partial charge in [0.2, 0.25) is 0 Å². The fourth-order valence-corrected chi connectivity index (χ4v) is 3.61. The molecular formula is C17H34N4O2. The smallest absolute Gasteiger partial charge is 0.407 e. The second-order valence-electron chi connectivity index (χ2n) is 7.78. The third-order valence-corrected chi connectivity index (χ3v) is 4.86. The molecule has 1 amide bonds. The van der Waals surface area contributed by atoms with Crippen LogP contribution in [0, 0.1) is 0 Å². The summed E-state index contributed by atoms with van der Waals surface area (Å²) in [6.07, 6.45) is 5.13. The lowest BCUT2D eigenvalue weighted by atomic mass is 10.1. The van der Waals surface area contributed by atoms with Gasteiger partial charge in [0.15, 0.2) is 0 Å². The van der Waals surface area contributed by atoms with E-state index in [9.17, 15) is 4.79 Å². The van der Waals surface area contributed by atoms with E-state index >= 15 is 0 Å². The molecule has 134 valence electrons. The quantitative estimate of drug-likeness (QED) is 0.799. The Kier molecular flexibility index (Phi) is 6.68. The number of ether oxygens (including phenoxy) is 1. The molecule has 1 heterocycles. The summed E-state index contributed by atoms with van der Waals surface area (Å²) in [4.78, 5) is 16.8. The van der Waals surface area contributed by atoms with Gasteiger partial charge in [0.05, 0.1) is 0 Å². The summed E-state index contributed by atoms with van der Waals surface area (Å²) < 4.78 is 5.29. The molecule has 1 aliphatic carbocycles. The monoisotopic (exact) mass is 326 g/mol. The largest absolute Gasteiger partial charge is 0.444 e. The fourth-order valence-electron chi connectivity index (χ4n) is 3.61. The molecule has 1 saturated heterocycles. The molecule has 1 atom stereocenters. The Morgan fingerprint density at radius 2 is 1.83 bits per heavy atom. The molecule has 0 bridgehead atoms. The first-order valence-corrected chi connectivity index (χ1v) is 9.04. The maximum atomic E-state index is 11.8. The van der Waals surface area contributed by atoms with Crippen LogP contribution in [0.4, 0.5) is 4.79 Å². The summed E-state index contributed by atoms with van der Waals surface area (Å²) in [5, 5.41) is 2.86. The first-order valence-electron chi connectivity index (χ1n) is 9.04. The van der Waals surface area contributed by atoms with Crippen LogP contribution in [-0.2, 0) is 4.74 Å². The van der Waals surface area contributed by atoms with Gasteiger partial charge in [-0.1, -0.05) is 12.8 Å². The molecule has 1 saturated carbocycles. The zero-order valence-corrected chi connectivity index (χ0v) is 15.0. The highest BCUT2D eigenvalue weighted by Crippen LogP contribution is 2.24. The minimum absolute atomic E-state index is 0.188. The average molecular weight is 326 g/mol. The number of alkyl carbamates (subject to hydrolysis) is 1. The van der Waals surface area contributed by atoms with E-state index < -0.39 is 5.60 Å². The maximum Gasteiger partial charge on any atom is 0.407 e. The predicted molar refractivity (Wildman–Crippen MR) is 92.5 cm³/mol. The molecule has 6 heteroatoms. The van der Waals surface area contributed by atoms with Crippen molar-refractivity contribution in [2.45, 2.75) is 64.1 Å². The van der Waals surface area contributed by atoms with Crippen LogP contribution < -0.4 is 11.1 Å². The van der Waals surface area contributed by atoms with E-state index in [4.69, 9.17) is 10.5 Å². The van der Waals surface area contributed by atoms with Gasteiger partial charge in [-0.15, -0.1) is 0 Å². The van der Waals surface area contributed by atoms with Gasteiger partial charge in [0.1, 0.15) is 5.60 Å². The standard InChI is InChI=1S/C17H34N4O2/c1-17(2,3)23-16(22)19-13-15(12-18)21-10-8-20(9-11-21)14-6-4-5-7-14/h14-15H,4-13,18H2,1-3H3,(H,19,22). The van der Waals surface area contributed by atoms with Crippen molar-refractivity contribution >= 4 is 6.09 Å². The number of nitrogens with one attached hydrogen (secondary N) is 1. The molecule has 2 fully saturated rings. The number of nitrogens with two attached hydrogens (primary N) is 1. The molecule has 0 aromatic rings. The Labute approximate surface area is 140 Å². The fraction of sp³-hybridized carbons (Fsp3) is 0.941. The van der Waals surface area contributed by atoms with Gasteiger partial charge in [-0.05, 0) is 33.6 Å². The number of piperazine rings is 1. The van der Waals surface area contributed by atoms with Crippen LogP contribution >= 0.6 is 0 Å². The molecule has 23 heavy (non-hydrogen) atoms. The van der Waals surface area contributed by atoms with Gasteiger partial charge in [-0.25, -0.2) is 4.79 Å². The zero-order chi connectivity index (χ0) is 16.9. The summed E-state index contributed by atoms with van der Waals surface area (Å²) >= 11 is 0. The minimum Gasteiger partial charge on any atom is -0.444 e. The molecule has 0 spiro atoms. The number of rotatable bonds is 5. The first-order chi connectivity index (χ1) is 10.9. The topological polar surface area (TPSA) is 70.8 Å². The van der Waals surface area contributed by atoms with Gasteiger partial charge in [0, 0.05) is 51.4 Å². The Hall–Kier alpha value is -0.850. The summed E-state index contributed by atoms with van der Waals surface area (Å²) in [5.41, 5.74) is 5.46. The van der Waals surface area contributed by atoms with E-state index in [2.05, 4.69) is 15.1 Å². The highest BCUT2D eigenvalue weighted by Gasteiger charge is 2.29. The number of amides is 1. The Balaban J connectivity index is 1.72. The average Bonchev–Trinajstić information content (AvgIpc) is 3.01. The van der Waals surface area contributed by atoms with Gasteiger partial charge >= 0.3 is 6.09 Å². The third kappa shape index (κ3) is 5.94. The molecule has 0 aromatic carbocycles. The molecule has 1 aliphatic heterocycles. The van der Waals surface area contributed by atoms with E-state index in [1.54, 1.807) is 0 Å². The van der Waals surface area contributed by atoms with Crippen LogP contribution in [0.5, 0.6) is 0 Å². The van der Waals surface area contributed by atoms with Gasteiger partial charge in [-0.3, -0.25) is 9.80 Å². The number of hydrogen-bond acceptors (Lipinski definition) is 5. The van der Waals surface area contributed by atoms with Crippen molar-refractivity contribution in [3.63, 3.8) is 0 Å². The van der Waals surface area contributed by atoms with Crippen LogP contribution in [-0.4, -0.2) is 72.8 Å². The van der Waals surface area contributed by atoms with Crippen molar-refractivity contribution in [3.8, 4) is 0 Å². The summed E-state index contributed by atoms with van der Waals surface area (Å²) in [6, 6.07) is 0.988. The SMILES string of the molecule is CC(C)(C)OC(=O)NCC(CN)N1CCN(C2CCCC2)CC1. The van der Waals surface area contributed by atoms with Gasteiger partial charge in [0.25, 0.3) is 0 Å². The summed E-state index contributed by atoms with van der Waals surface area (Å²) in [7, 11) is 0. The number of nitrogens with zero attached hydrogens (tertiary/aromatic N) is 2. The number of carbonyl (C=O) groups is 1. The Morgan fingerprint density at radius 3 is 2.35 bits per heavy atom. The van der Waals surface area contributed by atoms with Crippen molar-refractivity contribution < 1.29 is 9.53 Å². The van der Waals surface area contributed by atoms with Crippen molar-refractivity contribution in [1.29, 1.82) is 0 Å². The third-order valence-electron chi connectivity index (χ3n) is 4.86. The van der Waals surface area contributed by atoms with Crippen molar-refractivity contribution in [2.24, 2.45) is 5.73 Å². The normalized spacial score (nSPS) is 23.0. The zero-order valence-electron chi connectivity index (χ0n) is 15.0. The molecule has 2 rings (SSSR count). The van der Waals surface area contributed by atoms with E-state index in [0.717, 1.165) is 32.2 Å². The van der Waals surface area contributed by atoms with Gasteiger partial charge in [-0.2, -0.15) is 0 Å². The van der Waals surface area contributed by atoms with Crippen molar-refractivity contribution in [3.05, 3.63) is 0 Å². The van der Waals surface area contributed by atoms with Crippen LogP contribution in [0.15, 0.2) is 0 Å². The molecule has 2 aliphatic rings. The first kappa shape index (κ1) is 18.5. The lowest BCUT2D eigenvalue weighted by Crippen LogP contribution is -2.57. The predicted octanol–water partition coefficient (Wildman–Crippen LogP) is 1.40. The van der Waals surface area contributed by atoms with Crippen LogP contribution in [0.2, 0.25) is 0 Å². The Morgan fingerprint density at radius 1 is 1.22 bits per heavy atom.